The zero-order valence-electron chi connectivity index (χ0n) is 28.7. The van der Waals surface area contributed by atoms with Gasteiger partial charge in [-0.1, -0.05) is 30.3 Å². The highest BCUT2D eigenvalue weighted by Gasteiger charge is 2.62. The molecule has 4 aromatic rings. The summed E-state index contributed by atoms with van der Waals surface area (Å²) in [5.41, 5.74) is -0.329. The first-order valence-corrected chi connectivity index (χ1v) is 18.2. The van der Waals surface area contributed by atoms with Gasteiger partial charge in [-0.15, -0.1) is 5.10 Å². The van der Waals surface area contributed by atoms with Crippen molar-refractivity contribution in [2.45, 2.75) is 82.1 Å². The summed E-state index contributed by atoms with van der Waals surface area (Å²) in [7, 11) is 0. The Morgan fingerprint density at radius 3 is 2.65 bits per heavy atom. The molecule has 1 aliphatic carbocycles. The molecule has 1 amide bonds. The number of carbonyl (C=O) groups excluding carboxylic acids is 1. The minimum Gasteiger partial charge on any atom is -0.489 e. The van der Waals surface area contributed by atoms with Crippen LogP contribution in [-0.4, -0.2) is 57.1 Å². The van der Waals surface area contributed by atoms with Gasteiger partial charge in [-0.25, -0.2) is 14.6 Å². The van der Waals surface area contributed by atoms with Gasteiger partial charge in [0.15, 0.2) is 5.82 Å². The van der Waals surface area contributed by atoms with Gasteiger partial charge in [0.1, 0.15) is 29.0 Å². The normalized spacial score (nSPS) is 19.6. The first-order valence-electron chi connectivity index (χ1n) is 17.4. The fourth-order valence-electron chi connectivity index (χ4n) is 7.04. The van der Waals surface area contributed by atoms with E-state index in [-0.39, 0.29) is 37.3 Å². The maximum Gasteiger partial charge on any atom is 0.394 e. The Bertz CT molecular complexity index is 1850. The number of nitrogens with zero attached hydrogens (tertiary/aromatic N) is 5. The predicted molar refractivity (Wildman–Crippen MR) is 189 cm³/mol. The van der Waals surface area contributed by atoms with Gasteiger partial charge in [0.2, 0.25) is 5.88 Å². The fourth-order valence-corrected chi connectivity index (χ4v) is 7.66. The molecule has 3 aromatic heterocycles. The lowest BCUT2D eigenvalue weighted by Gasteiger charge is -2.34. The number of amides is 1. The smallest absolute Gasteiger partial charge is 0.394 e. The van der Waals surface area contributed by atoms with Crippen LogP contribution in [0.1, 0.15) is 74.7 Å². The van der Waals surface area contributed by atoms with E-state index in [0.29, 0.717) is 58.6 Å². The van der Waals surface area contributed by atoms with Crippen LogP contribution in [0.5, 0.6) is 11.6 Å². The van der Waals surface area contributed by atoms with Crippen LogP contribution in [0.25, 0.3) is 5.82 Å². The van der Waals surface area contributed by atoms with Crippen LogP contribution in [-0.2, 0) is 6.61 Å². The van der Waals surface area contributed by atoms with Crippen molar-refractivity contribution in [3.05, 3.63) is 78.0 Å². The molecule has 1 saturated carbocycles. The van der Waals surface area contributed by atoms with Crippen molar-refractivity contribution in [1.82, 2.24) is 24.5 Å². The second-order valence-corrected chi connectivity index (χ2v) is 15.1. The molecule has 2 N–H and O–H groups in total. The van der Waals surface area contributed by atoms with E-state index in [4.69, 9.17) is 19.4 Å². The van der Waals surface area contributed by atoms with Crippen molar-refractivity contribution in [3.63, 3.8) is 0 Å². The summed E-state index contributed by atoms with van der Waals surface area (Å²) in [4.78, 5) is 25.8. The molecule has 270 valence electrons. The maximum absolute atomic E-state index is 13.9. The molecule has 1 atom stereocenters. The third-order valence-electron chi connectivity index (χ3n) is 9.99. The summed E-state index contributed by atoms with van der Waals surface area (Å²) < 4.78 is 56.3. The van der Waals surface area contributed by atoms with Crippen molar-refractivity contribution >= 4 is 29.5 Å². The Balaban J connectivity index is 1.10. The number of hydrogen-bond acceptors (Lipinski definition) is 9. The molecule has 2 fully saturated rings. The van der Waals surface area contributed by atoms with E-state index in [0.717, 1.165) is 49.9 Å². The average Bonchev–Trinajstić information content (AvgIpc) is 3.66. The van der Waals surface area contributed by atoms with Gasteiger partial charge in [-0.2, -0.15) is 13.2 Å². The number of benzene rings is 1. The third-order valence-corrected chi connectivity index (χ3v) is 10.7. The fraction of sp³-hybridized carbons (Fsp3) is 0.459. The number of carbonyl (C=O) groups is 1. The lowest BCUT2D eigenvalue weighted by molar-refractivity contribution is -0.189. The summed E-state index contributed by atoms with van der Waals surface area (Å²) in [5.74, 6) is 2.76. The number of ether oxygens (including phenoxy) is 2. The van der Waals surface area contributed by atoms with E-state index in [1.807, 2.05) is 42.5 Å². The van der Waals surface area contributed by atoms with Crippen LogP contribution >= 0.6 is 11.9 Å². The first-order chi connectivity index (χ1) is 24.5. The number of aromatic nitrogens is 4. The van der Waals surface area contributed by atoms with Crippen LogP contribution in [0.15, 0.2) is 71.9 Å². The molecule has 14 heteroatoms. The maximum atomic E-state index is 13.9. The summed E-state index contributed by atoms with van der Waals surface area (Å²) >= 11 is 1.11. The molecular weight excluding hydrogens is 680 g/mol. The Hall–Kier alpha value is -4.46. The SMILES string of the molecule is CC1(C)C[C@@H]2CCCNc3cc(OCc4ccccc4)cc(n3)SNC(=O)c3ccc(-n4ccc(OCCCC5(C(F)(F)F)CC5)n4)nc3N1C2. The van der Waals surface area contributed by atoms with Gasteiger partial charge in [0, 0.05) is 55.0 Å². The topological polar surface area (TPSA) is 106 Å². The van der Waals surface area contributed by atoms with Crippen molar-refractivity contribution in [3.8, 4) is 17.4 Å². The van der Waals surface area contributed by atoms with E-state index < -0.39 is 11.6 Å². The van der Waals surface area contributed by atoms with Crippen LogP contribution in [0.4, 0.5) is 24.8 Å². The lowest BCUT2D eigenvalue weighted by Crippen LogP contribution is -2.40. The first kappa shape index (κ1) is 35.0. The molecule has 0 unspecified atom stereocenters. The summed E-state index contributed by atoms with van der Waals surface area (Å²) in [6.07, 6.45) is 1.12. The highest BCUT2D eigenvalue weighted by molar-refractivity contribution is 7.97. The summed E-state index contributed by atoms with van der Waals surface area (Å²) in [6, 6.07) is 18.8. The number of nitrogens with one attached hydrogen (secondary N) is 2. The molecule has 5 heterocycles. The third kappa shape index (κ3) is 8.05. The van der Waals surface area contributed by atoms with E-state index >= 15 is 0 Å². The molecule has 3 aliphatic rings. The Morgan fingerprint density at radius 1 is 1.04 bits per heavy atom. The zero-order chi connectivity index (χ0) is 35.6. The number of anilines is 2. The minimum absolute atomic E-state index is 0.0533. The van der Waals surface area contributed by atoms with Crippen molar-refractivity contribution < 1.29 is 27.4 Å². The number of pyridine rings is 2. The number of rotatable bonds is 9. The molecular formula is C37H42F3N7O3S. The van der Waals surface area contributed by atoms with E-state index in [2.05, 4.69) is 33.9 Å². The van der Waals surface area contributed by atoms with Gasteiger partial charge < -0.3 is 19.7 Å². The molecule has 1 aromatic carbocycles. The van der Waals surface area contributed by atoms with E-state index in [1.54, 1.807) is 29.1 Å². The number of alkyl halides is 3. The van der Waals surface area contributed by atoms with Gasteiger partial charge in [0.25, 0.3) is 5.91 Å². The summed E-state index contributed by atoms with van der Waals surface area (Å²) in [5, 5.41) is 8.53. The van der Waals surface area contributed by atoms with Crippen LogP contribution in [0.2, 0.25) is 0 Å². The average molecular weight is 722 g/mol. The van der Waals surface area contributed by atoms with Crippen LogP contribution in [0, 0.1) is 11.3 Å². The number of hydrogen-bond donors (Lipinski definition) is 2. The standard InChI is InChI=1S/C37H42F3N7O3S/c1-35(2)22-26-10-6-17-41-29-20-27(50-24-25-8-4-3-5-9-25)21-32(42-29)51-45-34(48)28-11-12-30(43-33(28)46(35)23-26)47-18-13-31(44-47)49-19-7-14-36(15-16-36)37(38,39)40/h3-5,8-9,11-13,18,20-21,26H,6-7,10,14-17,19,22-24H2,1-2H3,(H,41,42)(H,45,48)/t26-/m0/s1. The van der Waals surface area contributed by atoms with Gasteiger partial charge in [0.05, 0.1) is 17.6 Å². The quantitative estimate of drug-likeness (QED) is 0.131. The van der Waals surface area contributed by atoms with Crippen molar-refractivity contribution in [2.24, 2.45) is 11.3 Å². The number of fused-ring (bicyclic) bond motifs is 6. The van der Waals surface area contributed by atoms with Crippen LogP contribution < -0.4 is 24.4 Å². The summed E-state index contributed by atoms with van der Waals surface area (Å²) in [6.45, 7) is 6.38. The van der Waals surface area contributed by atoms with E-state index in [1.165, 1.54) is 0 Å². The van der Waals surface area contributed by atoms with Crippen molar-refractivity contribution in [1.29, 1.82) is 0 Å². The zero-order valence-corrected chi connectivity index (χ0v) is 29.5. The molecule has 2 aliphatic heterocycles. The van der Waals surface area contributed by atoms with Gasteiger partial charge in [-0.3, -0.25) is 9.52 Å². The van der Waals surface area contributed by atoms with Gasteiger partial charge in [-0.05, 0) is 82.4 Å². The Labute approximate surface area is 299 Å². The van der Waals surface area contributed by atoms with Crippen LogP contribution in [0.3, 0.4) is 0 Å². The highest BCUT2D eigenvalue weighted by atomic mass is 32.2. The highest BCUT2D eigenvalue weighted by Crippen LogP contribution is 2.60. The van der Waals surface area contributed by atoms with Gasteiger partial charge >= 0.3 is 6.18 Å². The van der Waals surface area contributed by atoms with Crippen molar-refractivity contribution in [2.75, 3.05) is 29.9 Å². The molecule has 0 spiro atoms. The van der Waals surface area contributed by atoms with E-state index in [9.17, 15) is 18.0 Å². The monoisotopic (exact) mass is 721 g/mol. The molecule has 51 heavy (non-hydrogen) atoms. The molecule has 10 nitrogen and oxygen atoms in total. The minimum atomic E-state index is -4.17. The Kier molecular flexibility index (Phi) is 9.79. The second-order valence-electron chi connectivity index (χ2n) is 14.3. The molecule has 7 rings (SSSR count). The molecule has 1 saturated heterocycles. The predicted octanol–water partition coefficient (Wildman–Crippen LogP) is 7.99. The second kappa shape index (κ2) is 14.3. The number of halogens is 3. The lowest BCUT2D eigenvalue weighted by atomic mass is 9.93. The molecule has 4 bridgehead atoms. The Morgan fingerprint density at radius 2 is 1.86 bits per heavy atom. The largest absolute Gasteiger partial charge is 0.489 e. The molecule has 0 radical (unpaired) electrons.